The van der Waals surface area contributed by atoms with E-state index in [4.69, 9.17) is 5.11 Å². The minimum atomic E-state index is -0.425. The summed E-state index contributed by atoms with van der Waals surface area (Å²) < 4.78 is 0.914. The first-order valence-electron chi connectivity index (χ1n) is 8.27. The van der Waals surface area contributed by atoms with Gasteiger partial charge in [-0.3, -0.25) is 9.59 Å². The molecule has 6 nitrogen and oxygen atoms in total. The molecule has 2 aliphatic heterocycles. The molecule has 1 N–H and O–H groups in total. The molecule has 8 heteroatoms. The fourth-order valence-corrected chi connectivity index (χ4v) is 5.32. The Morgan fingerprint density at radius 1 is 1.46 bits per heavy atom. The van der Waals surface area contributed by atoms with Crippen molar-refractivity contribution in [1.29, 1.82) is 0 Å². The summed E-state index contributed by atoms with van der Waals surface area (Å²) in [5, 5.41) is 11.1. The number of aryl methyl sites for hydroxylation is 1. The van der Waals surface area contributed by atoms with E-state index in [0.717, 1.165) is 29.3 Å². The van der Waals surface area contributed by atoms with E-state index < -0.39 is 5.41 Å². The second kappa shape index (κ2) is 7.41. The molecule has 1 unspecified atom stereocenters. The minimum absolute atomic E-state index is 0.00562. The van der Waals surface area contributed by atoms with Gasteiger partial charge in [0.15, 0.2) is 4.34 Å². The van der Waals surface area contributed by atoms with Gasteiger partial charge in [0, 0.05) is 37.3 Å². The number of carbonyl (C=O) groups excluding carboxylic acids is 2. The zero-order valence-electron chi connectivity index (χ0n) is 13.9. The Bertz CT molecular complexity index is 619. The highest BCUT2D eigenvalue weighted by atomic mass is 32.2. The van der Waals surface area contributed by atoms with Crippen LogP contribution in [-0.2, 0) is 9.59 Å². The molecular formula is C16H23N3O3S2. The van der Waals surface area contributed by atoms with Crippen LogP contribution in [0.5, 0.6) is 0 Å². The summed E-state index contributed by atoms with van der Waals surface area (Å²) in [6.07, 6.45) is 2.53. The van der Waals surface area contributed by atoms with Gasteiger partial charge in [-0.05, 0) is 26.2 Å². The normalized spacial score (nSPS) is 24.2. The van der Waals surface area contributed by atoms with E-state index in [0.29, 0.717) is 31.9 Å². The topological polar surface area (TPSA) is 73.7 Å². The third-order valence-electron chi connectivity index (χ3n) is 4.82. The van der Waals surface area contributed by atoms with E-state index in [1.807, 2.05) is 17.2 Å². The maximum Gasteiger partial charge on any atom is 0.233 e. The number of thiazole rings is 1. The summed E-state index contributed by atoms with van der Waals surface area (Å²) in [7, 11) is 0. The van der Waals surface area contributed by atoms with Crippen LogP contribution in [0.1, 0.15) is 25.0 Å². The molecule has 24 heavy (non-hydrogen) atoms. The highest BCUT2D eigenvalue weighted by molar-refractivity contribution is 8.01. The molecule has 1 aromatic rings. The van der Waals surface area contributed by atoms with E-state index in [1.165, 1.54) is 11.8 Å². The Morgan fingerprint density at radius 3 is 3.00 bits per heavy atom. The molecule has 132 valence electrons. The Morgan fingerprint density at radius 2 is 2.29 bits per heavy atom. The molecule has 0 aromatic carbocycles. The predicted octanol–water partition coefficient (Wildman–Crippen LogP) is 1.38. The van der Waals surface area contributed by atoms with Gasteiger partial charge < -0.3 is 14.9 Å². The summed E-state index contributed by atoms with van der Waals surface area (Å²) >= 11 is 3.03. The SMILES string of the molecule is Cc1csc(SCC(=O)N2CCC3(CCCN(CCO)C3=O)C2)n1. The maximum absolute atomic E-state index is 12.8. The monoisotopic (exact) mass is 369 g/mol. The van der Waals surface area contributed by atoms with Gasteiger partial charge in [0.1, 0.15) is 0 Å². The van der Waals surface area contributed by atoms with Gasteiger partial charge in [0.05, 0.1) is 17.8 Å². The molecule has 1 aromatic heterocycles. The van der Waals surface area contributed by atoms with Crippen molar-refractivity contribution >= 4 is 34.9 Å². The van der Waals surface area contributed by atoms with Crippen molar-refractivity contribution in [2.75, 3.05) is 38.5 Å². The number of rotatable bonds is 5. The molecule has 2 amide bonds. The van der Waals surface area contributed by atoms with E-state index in [-0.39, 0.29) is 18.4 Å². The lowest BCUT2D eigenvalue weighted by Gasteiger charge is -2.39. The van der Waals surface area contributed by atoms with Gasteiger partial charge in [-0.2, -0.15) is 0 Å². The van der Waals surface area contributed by atoms with Crippen molar-refractivity contribution in [2.45, 2.75) is 30.5 Å². The number of carbonyl (C=O) groups is 2. The van der Waals surface area contributed by atoms with Crippen LogP contribution in [0.3, 0.4) is 0 Å². The molecular weight excluding hydrogens is 346 g/mol. The standard InChI is InChI=1S/C16H23N3O3S2/c1-12-9-23-15(17-12)24-10-13(21)19-6-4-16(11-19)3-2-5-18(7-8-20)14(16)22/h9,20H,2-8,10-11H2,1H3. The van der Waals surface area contributed by atoms with E-state index in [9.17, 15) is 9.59 Å². The van der Waals surface area contributed by atoms with Crippen LogP contribution in [0.25, 0.3) is 0 Å². The third kappa shape index (κ3) is 3.60. The maximum atomic E-state index is 12.8. The summed E-state index contributed by atoms with van der Waals surface area (Å²) in [5.41, 5.74) is 0.553. The molecule has 0 radical (unpaired) electrons. The molecule has 2 fully saturated rings. The molecule has 3 rings (SSSR count). The predicted molar refractivity (Wildman–Crippen MR) is 94.1 cm³/mol. The largest absolute Gasteiger partial charge is 0.395 e. The average Bonchev–Trinajstić information content (AvgIpc) is 3.17. The first-order valence-corrected chi connectivity index (χ1v) is 10.1. The Balaban J connectivity index is 1.57. The second-order valence-corrected chi connectivity index (χ2v) is 8.59. The van der Waals surface area contributed by atoms with Crippen LogP contribution in [0.2, 0.25) is 0 Å². The van der Waals surface area contributed by atoms with Crippen LogP contribution in [0.15, 0.2) is 9.72 Å². The molecule has 3 heterocycles. The average molecular weight is 370 g/mol. The van der Waals surface area contributed by atoms with Crippen LogP contribution in [-0.4, -0.2) is 70.2 Å². The summed E-state index contributed by atoms with van der Waals surface area (Å²) in [5.74, 6) is 0.565. The number of aliphatic hydroxyl groups is 1. The highest BCUT2D eigenvalue weighted by Crippen LogP contribution is 2.40. The number of likely N-dealkylation sites (tertiary alicyclic amines) is 2. The number of thioether (sulfide) groups is 1. The number of hydrogen-bond donors (Lipinski definition) is 1. The fourth-order valence-electron chi connectivity index (χ4n) is 3.56. The molecule has 1 spiro atoms. The zero-order valence-corrected chi connectivity index (χ0v) is 15.5. The number of β-amino-alcohol motifs (C(OH)–C–C–N with tert-alkyl or cyclic N) is 1. The van der Waals surface area contributed by atoms with Crippen molar-refractivity contribution in [2.24, 2.45) is 5.41 Å². The Hall–Kier alpha value is -1.12. The van der Waals surface area contributed by atoms with Crippen molar-refractivity contribution in [3.05, 3.63) is 11.1 Å². The van der Waals surface area contributed by atoms with Crippen molar-refractivity contribution < 1.29 is 14.7 Å². The Kier molecular flexibility index (Phi) is 5.46. The summed E-state index contributed by atoms with van der Waals surface area (Å²) in [6.45, 7) is 4.22. The lowest BCUT2D eigenvalue weighted by molar-refractivity contribution is -0.146. The number of piperidine rings is 1. The lowest BCUT2D eigenvalue weighted by atomic mass is 9.78. The van der Waals surface area contributed by atoms with Crippen molar-refractivity contribution in [1.82, 2.24) is 14.8 Å². The molecule has 0 aliphatic carbocycles. The molecule has 0 bridgehead atoms. The number of aromatic nitrogens is 1. The van der Waals surface area contributed by atoms with Gasteiger partial charge in [-0.15, -0.1) is 11.3 Å². The van der Waals surface area contributed by atoms with Crippen LogP contribution in [0.4, 0.5) is 0 Å². The third-order valence-corrected chi connectivity index (χ3v) is 6.94. The highest BCUT2D eigenvalue weighted by Gasteiger charge is 2.49. The van der Waals surface area contributed by atoms with Gasteiger partial charge in [-0.1, -0.05) is 11.8 Å². The summed E-state index contributed by atoms with van der Waals surface area (Å²) in [4.78, 5) is 33.2. The molecule has 2 saturated heterocycles. The van der Waals surface area contributed by atoms with Crippen LogP contribution in [0, 0.1) is 12.3 Å². The molecule has 0 saturated carbocycles. The first-order chi connectivity index (χ1) is 11.5. The van der Waals surface area contributed by atoms with E-state index >= 15 is 0 Å². The number of amides is 2. The molecule has 1 atom stereocenters. The van der Waals surface area contributed by atoms with E-state index in [1.54, 1.807) is 16.2 Å². The minimum Gasteiger partial charge on any atom is -0.395 e. The van der Waals surface area contributed by atoms with Crippen LogP contribution >= 0.6 is 23.1 Å². The van der Waals surface area contributed by atoms with Crippen molar-refractivity contribution in [3.63, 3.8) is 0 Å². The van der Waals surface area contributed by atoms with Crippen molar-refractivity contribution in [3.8, 4) is 0 Å². The van der Waals surface area contributed by atoms with E-state index in [2.05, 4.69) is 4.98 Å². The quantitative estimate of drug-likeness (QED) is 0.794. The number of nitrogens with zero attached hydrogens (tertiary/aromatic N) is 3. The molecule has 2 aliphatic rings. The van der Waals surface area contributed by atoms with Gasteiger partial charge in [-0.25, -0.2) is 4.98 Å². The Labute approximate surface area is 150 Å². The first kappa shape index (κ1) is 17.7. The summed E-state index contributed by atoms with van der Waals surface area (Å²) in [6, 6.07) is 0. The fraction of sp³-hybridized carbons (Fsp3) is 0.688. The van der Waals surface area contributed by atoms with Gasteiger partial charge >= 0.3 is 0 Å². The van der Waals surface area contributed by atoms with Crippen LogP contribution < -0.4 is 0 Å². The van der Waals surface area contributed by atoms with Gasteiger partial charge in [0.25, 0.3) is 0 Å². The second-order valence-electron chi connectivity index (χ2n) is 6.51. The van der Waals surface area contributed by atoms with Gasteiger partial charge in [0.2, 0.25) is 11.8 Å². The number of hydrogen-bond acceptors (Lipinski definition) is 6. The lowest BCUT2D eigenvalue weighted by Crippen LogP contribution is -2.51. The zero-order chi connectivity index (χ0) is 17.2. The smallest absolute Gasteiger partial charge is 0.233 e. The number of aliphatic hydroxyl groups excluding tert-OH is 1.